The van der Waals surface area contributed by atoms with Crippen LogP contribution in [-0.4, -0.2) is 22.8 Å². The maximum Gasteiger partial charge on any atom is 0.252 e. The minimum absolute atomic E-state index is 0.120. The van der Waals surface area contributed by atoms with Gasteiger partial charge in [-0.05, 0) is 39.0 Å². The first-order valence-electron chi connectivity index (χ1n) is 7.04. The van der Waals surface area contributed by atoms with E-state index in [-0.39, 0.29) is 11.9 Å². The third kappa shape index (κ3) is 3.24. The predicted molar refractivity (Wildman–Crippen MR) is 81.5 cm³/mol. The molecule has 0 aliphatic carbocycles. The summed E-state index contributed by atoms with van der Waals surface area (Å²) in [6.45, 7) is 6.65. The van der Waals surface area contributed by atoms with Crippen LogP contribution >= 0.6 is 0 Å². The maximum atomic E-state index is 12.4. The largest absolute Gasteiger partial charge is 0.496 e. The molecule has 1 amide bonds. The molecular formula is C16H21N3O2. The summed E-state index contributed by atoms with van der Waals surface area (Å²) in [6, 6.07) is 7.24. The van der Waals surface area contributed by atoms with Crippen molar-refractivity contribution in [1.82, 2.24) is 15.1 Å². The molecule has 112 valence electrons. The van der Waals surface area contributed by atoms with Crippen LogP contribution < -0.4 is 10.1 Å². The van der Waals surface area contributed by atoms with Crippen LogP contribution in [0, 0.1) is 6.92 Å². The highest BCUT2D eigenvalue weighted by molar-refractivity contribution is 5.96. The topological polar surface area (TPSA) is 56.2 Å². The molecule has 0 spiro atoms. The smallest absolute Gasteiger partial charge is 0.252 e. The van der Waals surface area contributed by atoms with E-state index in [1.54, 1.807) is 13.2 Å². The van der Waals surface area contributed by atoms with Gasteiger partial charge in [-0.1, -0.05) is 6.07 Å². The van der Waals surface area contributed by atoms with Crippen molar-refractivity contribution in [1.29, 1.82) is 0 Å². The van der Waals surface area contributed by atoms with E-state index in [9.17, 15) is 4.79 Å². The Bertz CT molecular complexity index is 634. The molecule has 0 radical (unpaired) electrons. The van der Waals surface area contributed by atoms with Crippen LogP contribution in [0.25, 0.3) is 0 Å². The highest BCUT2D eigenvalue weighted by Gasteiger charge is 2.16. The Morgan fingerprint density at radius 2 is 2.19 bits per heavy atom. The normalized spacial score (nSPS) is 12.0. The Hall–Kier alpha value is -2.30. The van der Waals surface area contributed by atoms with E-state index in [1.165, 1.54) is 0 Å². The van der Waals surface area contributed by atoms with Crippen molar-refractivity contribution >= 4 is 5.91 Å². The summed E-state index contributed by atoms with van der Waals surface area (Å²) in [5, 5.41) is 7.38. The Kier molecular flexibility index (Phi) is 4.62. The lowest BCUT2D eigenvalue weighted by atomic mass is 10.1. The molecule has 1 atom stereocenters. The fraction of sp³-hybridized carbons (Fsp3) is 0.375. The number of benzene rings is 1. The van der Waals surface area contributed by atoms with Gasteiger partial charge in [0.25, 0.3) is 5.91 Å². The van der Waals surface area contributed by atoms with Crippen molar-refractivity contribution in [2.24, 2.45) is 0 Å². The van der Waals surface area contributed by atoms with Crippen LogP contribution in [0.5, 0.6) is 5.75 Å². The predicted octanol–water partition coefficient (Wildman–Crippen LogP) is 2.71. The molecule has 1 aromatic heterocycles. The van der Waals surface area contributed by atoms with Crippen molar-refractivity contribution in [2.45, 2.75) is 33.4 Å². The molecule has 0 saturated heterocycles. The van der Waals surface area contributed by atoms with Crippen molar-refractivity contribution in [3.8, 4) is 5.75 Å². The number of carbonyl (C=O) groups excluding carboxylic acids is 1. The number of hydrogen-bond donors (Lipinski definition) is 1. The minimum Gasteiger partial charge on any atom is -0.496 e. The van der Waals surface area contributed by atoms with Crippen molar-refractivity contribution in [3.63, 3.8) is 0 Å². The number of ether oxygens (including phenoxy) is 1. The van der Waals surface area contributed by atoms with E-state index in [2.05, 4.69) is 10.4 Å². The lowest BCUT2D eigenvalue weighted by molar-refractivity contribution is 0.0938. The molecule has 21 heavy (non-hydrogen) atoms. The molecule has 0 aliphatic heterocycles. The highest BCUT2D eigenvalue weighted by atomic mass is 16.5. The van der Waals surface area contributed by atoms with Gasteiger partial charge in [0, 0.05) is 23.9 Å². The Labute approximate surface area is 124 Å². The number of aryl methyl sites for hydroxylation is 1. The van der Waals surface area contributed by atoms with Crippen molar-refractivity contribution in [3.05, 3.63) is 47.3 Å². The summed E-state index contributed by atoms with van der Waals surface area (Å²) in [5.41, 5.74) is 2.31. The summed E-state index contributed by atoms with van der Waals surface area (Å²) in [5.74, 6) is 0.593. The molecular weight excluding hydrogens is 266 g/mol. The van der Waals surface area contributed by atoms with Crippen molar-refractivity contribution in [2.75, 3.05) is 7.11 Å². The Balaban J connectivity index is 2.14. The lowest BCUT2D eigenvalue weighted by Gasteiger charge is -2.14. The third-order valence-corrected chi connectivity index (χ3v) is 3.53. The first-order valence-corrected chi connectivity index (χ1v) is 7.04. The Morgan fingerprint density at radius 1 is 1.43 bits per heavy atom. The number of rotatable bonds is 5. The van der Waals surface area contributed by atoms with Gasteiger partial charge in [-0.3, -0.25) is 9.48 Å². The lowest BCUT2D eigenvalue weighted by Crippen LogP contribution is -2.27. The minimum atomic E-state index is -0.143. The van der Waals surface area contributed by atoms with Gasteiger partial charge in [-0.2, -0.15) is 5.10 Å². The molecule has 1 unspecified atom stereocenters. The van der Waals surface area contributed by atoms with Gasteiger partial charge in [-0.25, -0.2) is 0 Å². The zero-order chi connectivity index (χ0) is 15.4. The van der Waals surface area contributed by atoms with E-state index in [4.69, 9.17) is 4.74 Å². The van der Waals surface area contributed by atoms with Crippen LogP contribution in [0.3, 0.4) is 0 Å². The van der Waals surface area contributed by atoms with Crippen LogP contribution in [0.2, 0.25) is 0 Å². The summed E-state index contributed by atoms with van der Waals surface area (Å²) in [4.78, 5) is 12.4. The fourth-order valence-electron chi connectivity index (χ4n) is 2.21. The number of nitrogens with one attached hydrogen (secondary N) is 1. The van der Waals surface area contributed by atoms with E-state index in [0.29, 0.717) is 11.3 Å². The summed E-state index contributed by atoms with van der Waals surface area (Å²) in [7, 11) is 1.60. The van der Waals surface area contributed by atoms with Gasteiger partial charge in [0.2, 0.25) is 0 Å². The fourth-order valence-corrected chi connectivity index (χ4v) is 2.21. The average molecular weight is 287 g/mol. The van der Waals surface area contributed by atoms with E-state index in [1.807, 2.05) is 49.8 Å². The van der Waals surface area contributed by atoms with Crippen LogP contribution in [0.15, 0.2) is 30.5 Å². The molecule has 0 fully saturated rings. The number of aromatic nitrogens is 2. The molecule has 0 aliphatic rings. The first-order chi connectivity index (χ1) is 10.1. The quantitative estimate of drug-likeness (QED) is 0.920. The summed E-state index contributed by atoms with van der Waals surface area (Å²) in [6.07, 6.45) is 1.91. The standard InChI is InChI=1S/C16H21N3O2/c1-5-19-10-9-14(18-19)12(3)17-16(20)13-7-6-8-15(21-4)11(13)2/h6-10,12H,5H2,1-4H3,(H,17,20). The van der Waals surface area contributed by atoms with Gasteiger partial charge >= 0.3 is 0 Å². The summed E-state index contributed by atoms with van der Waals surface area (Å²) < 4.78 is 7.09. The number of amides is 1. The molecule has 0 bridgehead atoms. The van der Waals surface area contributed by atoms with Crippen LogP contribution in [-0.2, 0) is 6.54 Å². The summed E-state index contributed by atoms with van der Waals surface area (Å²) >= 11 is 0. The molecule has 2 aromatic rings. The second-order valence-corrected chi connectivity index (χ2v) is 4.92. The molecule has 1 heterocycles. The molecule has 0 saturated carbocycles. The maximum absolute atomic E-state index is 12.4. The Morgan fingerprint density at radius 3 is 2.81 bits per heavy atom. The molecule has 2 rings (SSSR count). The monoisotopic (exact) mass is 287 g/mol. The van der Waals surface area contributed by atoms with Crippen molar-refractivity contribution < 1.29 is 9.53 Å². The van der Waals surface area contributed by atoms with E-state index >= 15 is 0 Å². The van der Waals surface area contributed by atoms with Crippen LogP contribution in [0.4, 0.5) is 0 Å². The van der Waals surface area contributed by atoms with E-state index < -0.39 is 0 Å². The first kappa shape index (κ1) is 15.1. The van der Waals surface area contributed by atoms with Gasteiger partial charge < -0.3 is 10.1 Å². The zero-order valence-corrected chi connectivity index (χ0v) is 12.9. The number of methoxy groups -OCH3 is 1. The molecule has 5 heteroatoms. The molecule has 1 aromatic carbocycles. The molecule has 1 N–H and O–H groups in total. The van der Waals surface area contributed by atoms with Gasteiger partial charge in [0.1, 0.15) is 5.75 Å². The van der Waals surface area contributed by atoms with Gasteiger partial charge in [0.05, 0.1) is 18.8 Å². The SMILES string of the molecule is CCn1ccc(C(C)NC(=O)c2cccc(OC)c2C)n1. The number of carbonyl (C=O) groups is 1. The zero-order valence-electron chi connectivity index (χ0n) is 12.9. The second kappa shape index (κ2) is 6.43. The third-order valence-electron chi connectivity index (χ3n) is 3.53. The average Bonchev–Trinajstić information content (AvgIpc) is 2.96. The number of hydrogen-bond acceptors (Lipinski definition) is 3. The number of nitrogens with zero attached hydrogens (tertiary/aromatic N) is 2. The van der Waals surface area contributed by atoms with Gasteiger partial charge in [-0.15, -0.1) is 0 Å². The second-order valence-electron chi connectivity index (χ2n) is 4.92. The highest BCUT2D eigenvalue weighted by Crippen LogP contribution is 2.21. The van der Waals surface area contributed by atoms with Crippen LogP contribution in [0.1, 0.15) is 41.5 Å². The van der Waals surface area contributed by atoms with Gasteiger partial charge in [0.15, 0.2) is 0 Å². The van der Waals surface area contributed by atoms with E-state index in [0.717, 1.165) is 17.8 Å². The molecule has 5 nitrogen and oxygen atoms in total.